The topological polar surface area (TPSA) is 98.9 Å². The lowest BCUT2D eigenvalue weighted by atomic mass is 10.2. The fraction of sp³-hybridized carbons (Fsp3) is 0.500. The highest BCUT2D eigenvalue weighted by atomic mass is 32.2. The molecule has 2 rings (SSSR count). The van der Waals surface area contributed by atoms with Crippen molar-refractivity contribution >= 4 is 35.3 Å². The highest BCUT2D eigenvalue weighted by molar-refractivity contribution is 8.00. The Morgan fingerprint density at radius 1 is 1.23 bits per heavy atom. The summed E-state index contributed by atoms with van der Waals surface area (Å²) in [5.74, 6) is -0.932. The van der Waals surface area contributed by atoms with Crippen molar-refractivity contribution in [3.8, 4) is 0 Å². The average Bonchev–Trinajstić information content (AvgIpc) is 2.71. The van der Waals surface area contributed by atoms with Crippen LogP contribution in [0.2, 0.25) is 0 Å². The van der Waals surface area contributed by atoms with Crippen molar-refractivity contribution in [2.45, 2.75) is 42.9 Å². The Bertz CT molecular complexity index is 652. The van der Waals surface area contributed by atoms with Crippen LogP contribution in [-0.4, -0.2) is 43.0 Å². The van der Waals surface area contributed by atoms with Gasteiger partial charge in [0.25, 0.3) is 0 Å². The molecule has 1 aliphatic heterocycles. The lowest BCUT2D eigenvalue weighted by Gasteiger charge is -2.21. The summed E-state index contributed by atoms with van der Waals surface area (Å²) in [7, 11) is 0. The molecule has 0 spiro atoms. The van der Waals surface area contributed by atoms with Gasteiger partial charge in [0.2, 0.25) is 5.91 Å². The molecular formula is C18H24N2O5S. The molecule has 142 valence electrons. The molecule has 8 heteroatoms. The summed E-state index contributed by atoms with van der Waals surface area (Å²) in [6.45, 7) is 2.17. The van der Waals surface area contributed by atoms with Gasteiger partial charge in [-0.05, 0) is 31.9 Å². The molecule has 0 radical (unpaired) electrons. The highest BCUT2D eigenvalue weighted by Crippen LogP contribution is 2.36. The molecule has 0 saturated carbocycles. The molecule has 0 aliphatic carbocycles. The summed E-state index contributed by atoms with van der Waals surface area (Å²) in [6, 6.07) is 7.36. The first kappa shape index (κ1) is 20.3. The molecule has 0 aromatic heterocycles. The van der Waals surface area contributed by atoms with Crippen molar-refractivity contribution in [3.05, 3.63) is 24.3 Å². The quantitative estimate of drug-likeness (QED) is 0.544. The van der Waals surface area contributed by atoms with E-state index in [9.17, 15) is 14.4 Å². The van der Waals surface area contributed by atoms with Gasteiger partial charge in [0.15, 0.2) is 0 Å². The van der Waals surface area contributed by atoms with E-state index in [2.05, 4.69) is 0 Å². The zero-order valence-corrected chi connectivity index (χ0v) is 15.6. The van der Waals surface area contributed by atoms with Crippen LogP contribution in [0.15, 0.2) is 29.2 Å². The maximum atomic E-state index is 12.4. The zero-order valence-electron chi connectivity index (χ0n) is 14.8. The van der Waals surface area contributed by atoms with E-state index in [0.717, 1.165) is 4.90 Å². The van der Waals surface area contributed by atoms with E-state index in [1.807, 2.05) is 18.2 Å². The van der Waals surface area contributed by atoms with E-state index < -0.39 is 5.97 Å². The molecule has 0 bridgehead atoms. The molecule has 1 atom stereocenters. The van der Waals surface area contributed by atoms with Gasteiger partial charge < -0.3 is 15.2 Å². The van der Waals surface area contributed by atoms with Gasteiger partial charge in [0.1, 0.15) is 6.54 Å². The molecule has 1 unspecified atom stereocenters. The second-order valence-electron chi connectivity index (χ2n) is 5.79. The van der Waals surface area contributed by atoms with Crippen molar-refractivity contribution in [3.63, 3.8) is 0 Å². The largest absolute Gasteiger partial charge is 0.466 e. The number of esters is 2. The monoisotopic (exact) mass is 380 g/mol. The van der Waals surface area contributed by atoms with Gasteiger partial charge in [0, 0.05) is 11.3 Å². The number of unbranched alkanes of at least 4 members (excludes halogenated alkanes) is 1. The van der Waals surface area contributed by atoms with Crippen molar-refractivity contribution in [1.82, 2.24) is 0 Å². The first-order valence-corrected chi connectivity index (χ1v) is 9.52. The van der Waals surface area contributed by atoms with Gasteiger partial charge >= 0.3 is 11.9 Å². The van der Waals surface area contributed by atoms with Crippen LogP contribution >= 0.6 is 11.8 Å². The Morgan fingerprint density at radius 2 is 2.00 bits per heavy atom. The van der Waals surface area contributed by atoms with E-state index in [-0.39, 0.29) is 36.8 Å². The fourth-order valence-electron chi connectivity index (χ4n) is 2.54. The van der Waals surface area contributed by atoms with Crippen molar-refractivity contribution in [2.24, 2.45) is 5.73 Å². The normalized spacial score (nSPS) is 16.6. The van der Waals surface area contributed by atoms with E-state index in [1.54, 1.807) is 13.0 Å². The molecule has 0 fully saturated rings. The maximum absolute atomic E-state index is 12.4. The number of anilines is 1. The maximum Gasteiger partial charge on any atom is 0.326 e. The van der Waals surface area contributed by atoms with Crippen molar-refractivity contribution < 1.29 is 23.9 Å². The van der Waals surface area contributed by atoms with Gasteiger partial charge in [-0.1, -0.05) is 12.1 Å². The number of thioether (sulfide) groups is 1. The number of hydrogen-bond acceptors (Lipinski definition) is 7. The summed E-state index contributed by atoms with van der Waals surface area (Å²) in [6.07, 6.45) is 1.61. The Morgan fingerprint density at radius 3 is 2.77 bits per heavy atom. The standard InChI is InChI=1S/C18H24N2O5S/c1-2-24-17(22)9-5-6-10-25-18(23)12-20-13-7-3-4-8-14(13)26-15(19)11-16(20)21/h3-4,7-8,15H,2,5-6,9-12,19H2,1H3. The van der Waals surface area contributed by atoms with E-state index in [0.29, 0.717) is 31.6 Å². The molecule has 7 nitrogen and oxygen atoms in total. The Hall–Kier alpha value is -2.06. The first-order valence-electron chi connectivity index (χ1n) is 8.64. The summed E-state index contributed by atoms with van der Waals surface area (Å²) >= 11 is 1.42. The minimum atomic E-state index is -0.482. The predicted octanol–water partition coefficient (Wildman–Crippen LogP) is 2.08. The van der Waals surface area contributed by atoms with Crippen molar-refractivity contribution in [2.75, 3.05) is 24.7 Å². The van der Waals surface area contributed by atoms with Gasteiger partial charge in [0.05, 0.1) is 30.7 Å². The third kappa shape index (κ3) is 6.03. The minimum Gasteiger partial charge on any atom is -0.466 e. The Kier molecular flexibility index (Phi) is 7.93. The van der Waals surface area contributed by atoms with Crippen LogP contribution in [0.3, 0.4) is 0 Å². The highest BCUT2D eigenvalue weighted by Gasteiger charge is 2.28. The molecule has 1 amide bonds. The third-order valence-corrected chi connectivity index (χ3v) is 4.81. The number of carbonyl (C=O) groups is 3. The van der Waals surface area contributed by atoms with Crippen LogP contribution in [-0.2, 0) is 23.9 Å². The third-order valence-electron chi connectivity index (χ3n) is 3.74. The van der Waals surface area contributed by atoms with Crippen LogP contribution in [0.5, 0.6) is 0 Å². The van der Waals surface area contributed by atoms with E-state index >= 15 is 0 Å². The second kappa shape index (κ2) is 10.2. The molecule has 1 aromatic carbocycles. The number of amides is 1. The lowest BCUT2D eigenvalue weighted by molar-refractivity contribution is -0.143. The van der Waals surface area contributed by atoms with Crippen molar-refractivity contribution in [1.29, 1.82) is 0 Å². The SMILES string of the molecule is CCOC(=O)CCCCOC(=O)CN1C(=O)CC(N)Sc2ccccc21. The van der Waals surface area contributed by atoms with Crippen LogP contribution < -0.4 is 10.6 Å². The van der Waals surface area contributed by atoms with Crippen LogP contribution in [0.4, 0.5) is 5.69 Å². The summed E-state index contributed by atoms with van der Waals surface area (Å²) in [5.41, 5.74) is 6.63. The van der Waals surface area contributed by atoms with Gasteiger partial charge in [-0.25, -0.2) is 0 Å². The summed E-state index contributed by atoms with van der Waals surface area (Å²) in [4.78, 5) is 38.0. The lowest BCUT2D eigenvalue weighted by Crippen LogP contribution is -2.37. The van der Waals surface area contributed by atoms with Crippen LogP contribution in [0.1, 0.15) is 32.6 Å². The predicted molar refractivity (Wildman–Crippen MR) is 98.7 cm³/mol. The fourth-order valence-corrected chi connectivity index (χ4v) is 3.55. The first-order chi connectivity index (χ1) is 12.5. The number of rotatable bonds is 8. The van der Waals surface area contributed by atoms with Gasteiger partial charge in [-0.15, -0.1) is 11.8 Å². The molecule has 1 aromatic rings. The number of hydrogen-bond donors (Lipinski definition) is 1. The second-order valence-corrected chi connectivity index (χ2v) is 7.07. The van der Waals surface area contributed by atoms with E-state index in [4.69, 9.17) is 15.2 Å². The molecule has 0 saturated heterocycles. The van der Waals surface area contributed by atoms with Gasteiger partial charge in [-0.2, -0.15) is 0 Å². The number of carbonyl (C=O) groups excluding carboxylic acids is 3. The molecule has 1 aliphatic rings. The van der Waals surface area contributed by atoms with Crippen LogP contribution in [0, 0.1) is 0 Å². The number of nitrogens with two attached hydrogens (primary N) is 1. The molecule has 2 N–H and O–H groups in total. The smallest absolute Gasteiger partial charge is 0.326 e. The number of fused-ring (bicyclic) bond motifs is 1. The van der Waals surface area contributed by atoms with Gasteiger partial charge in [-0.3, -0.25) is 19.3 Å². The van der Waals surface area contributed by atoms with Crippen LogP contribution in [0.25, 0.3) is 0 Å². The Balaban J connectivity index is 1.84. The Labute approximate surface area is 157 Å². The molecule has 1 heterocycles. The molecule has 26 heavy (non-hydrogen) atoms. The summed E-state index contributed by atoms with van der Waals surface area (Å²) < 4.78 is 10.0. The number of nitrogens with zero attached hydrogens (tertiary/aromatic N) is 1. The molecular weight excluding hydrogens is 356 g/mol. The minimum absolute atomic E-state index is 0.152. The number of benzene rings is 1. The average molecular weight is 380 g/mol. The zero-order chi connectivity index (χ0) is 18.9. The number of para-hydroxylation sites is 1. The van der Waals surface area contributed by atoms with E-state index in [1.165, 1.54) is 16.7 Å². The summed E-state index contributed by atoms with van der Waals surface area (Å²) in [5, 5.41) is -0.340. The number of ether oxygens (including phenoxy) is 2.